The number of rotatable bonds is 4. The first-order valence-electron chi connectivity index (χ1n) is 4.50. The molecule has 0 aliphatic heterocycles. The minimum Gasteiger partial charge on any atom is -0.388 e. The molecule has 1 atom stereocenters. The van der Waals surface area contributed by atoms with Gasteiger partial charge in [-0.2, -0.15) is 0 Å². The molecule has 0 aliphatic rings. The fourth-order valence-electron chi connectivity index (χ4n) is 1.19. The predicted molar refractivity (Wildman–Crippen MR) is 61.9 cm³/mol. The van der Waals surface area contributed by atoms with Crippen LogP contribution in [0.3, 0.4) is 0 Å². The van der Waals surface area contributed by atoms with Crippen LogP contribution in [-0.4, -0.2) is 17.5 Å². The minimum atomic E-state index is -0.419. The van der Waals surface area contributed by atoms with Gasteiger partial charge in [0.05, 0.1) is 6.10 Å². The highest BCUT2D eigenvalue weighted by molar-refractivity contribution is 8.02. The lowest BCUT2D eigenvalue weighted by molar-refractivity contribution is 0.164. The van der Waals surface area contributed by atoms with Crippen molar-refractivity contribution in [1.29, 1.82) is 0 Å². The third kappa shape index (κ3) is 3.57. The molecule has 0 saturated heterocycles. The number of hydrogen-bond donors (Lipinski definition) is 1. The molecule has 0 amide bonds. The van der Waals surface area contributed by atoms with E-state index in [-0.39, 0.29) is 5.92 Å². The Kier molecular flexibility index (Phi) is 5.42. The molecular formula is C11H20OS. The average molecular weight is 200 g/mol. The van der Waals surface area contributed by atoms with Crippen LogP contribution in [0.4, 0.5) is 0 Å². The Morgan fingerprint density at radius 2 is 1.77 bits per heavy atom. The van der Waals surface area contributed by atoms with Gasteiger partial charge in [-0.25, -0.2) is 0 Å². The molecule has 2 heteroatoms. The number of hydrogen-bond acceptors (Lipinski definition) is 2. The van der Waals surface area contributed by atoms with Gasteiger partial charge in [-0.15, -0.1) is 11.8 Å². The van der Waals surface area contributed by atoms with E-state index in [9.17, 15) is 5.11 Å². The number of aliphatic hydroxyl groups is 1. The van der Waals surface area contributed by atoms with Gasteiger partial charge in [0.2, 0.25) is 0 Å². The molecule has 0 aromatic heterocycles. The van der Waals surface area contributed by atoms with Gasteiger partial charge in [-0.05, 0) is 31.6 Å². The molecule has 13 heavy (non-hydrogen) atoms. The summed E-state index contributed by atoms with van der Waals surface area (Å²) in [4.78, 5) is 1.13. The molecule has 0 spiro atoms. The SMILES string of the molecule is C=C(C(SC)=C(C)C)C(O)C(C)C. The van der Waals surface area contributed by atoms with Crippen LogP contribution in [0.5, 0.6) is 0 Å². The number of thioether (sulfide) groups is 1. The van der Waals surface area contributed by atoms with Crippen molar-refractivity contribution in [3.8, 4) is 0 Å². The summed E-state index contributed by atoms with van der Waals surface area (Å²) in [7, 11) is 0. The Labute approximate surface area is 85.9 Å². The van der Waals surface area contributed by atoms with E-state index < -0.39 is 6.10 Å². The molecule has 0 heterocycles. The topological polar surface area (TPSA) is 20.2 Å². The van der Waals surface area contributed by atoms with Crippen LogP contribution in [0, 0.1) is 5.92 Å². The second kappa shape index (κ2) is 5.51. The van der Waals surface area contributed by atoms with E-state index in [4.69, 9.17) is 0 Å². The van der Waals surface area contributed by atoms with Crippen molar-refractivity contribution >= 4 is 11.8 Å². The quantitative estimate of drug-likeness (QED) is 0.703. The van der Waals surface area contributed by atoms with Crippen LogP contribution in [0.2, 0.25) is 0 Å². The Bertz CT molecular complexity index is 212. The first-order chi connectivity index (χ1) is 5.91. The standard InChI is InChI=1S/C11H20OS/c1-7(2)10(12)9(5)11(13-6)8(3)4/h7,10,12H,5H2,1-4,6H3. The Morgan fingerprint density at radius 3 is 2.00 bits per heavy atom. The number of aliphatic hydroxyl groups excluding tert-OH is 1. The summed E-state index contributed by atoms with van der Waals surface area (Å²) >= 11 is 1.65. The predicted octanol–water partition coefficient (Wildman–Crippen LogP) is 3.22. The second-order valence-electron chi connectivity index (χ2n) is 3.75. The maximum Gasteiger partial charge on any atom is 0.0817 e. The van der Waals surface area contributed by atoms with Crippen molar-refractivity contribution in [3.05, 3.63) is 22.6 Å². The van der Waals surface area contributed by atoms with Gasteiger partial charge < -0.3 is 5.11 Å². The molecule has 0 fully saturated rings. The summed E-state index contributed by atoms with van der Waals surface area (Å²) in [6.45, 7) is 12.0. The summed E-state index contributed by atoms with van der Waals surface area (Å²) in [5, 5.41) is 9.80. The smallest absolute Gasteiger partial charge is 0.0817 e. The van der Waals surface area contributed by atoms with Crippen LogP contribution in [0.1, 0.15) is 27.7 Å². The lowest BCUT2D eigenvalue weighted by atomic mass is 9.99. The molecule has 0 aliphatic carbocycles. The molecule has 1 N–H and O–H groups in total. The van der Waals surface area contributed by atoms with E-state index in [1.165, 1.54) is 5.57 Å². The van der Waals surface area contributed by atoms with E-state index in [0.717, 1.165) is 10.5 Å². The zero-order valence-electron chi connectivity index (χ0n) is 9.22. The second-order valence-corrected chi connectivity index (χ2v) is 4.56. The highest BCUT2D eigenvalue weighted by Crippen LogP contribution is 2.28. The van der Waals surface area contributed by atoms with E-state index in [0.29, 0.717) is 0 Å². The highest BCUT2D eigenvalue weighted by Gasteiger charge is 2.16. The van der Waals surface area contributed by atoms with Crippen LogP contribution < -0.4 is 0 Å². The average Bonchev–Trinajstić information content (AvgIpc) is 2.03. The van der Waals surface area contributed by atoms with Gasteiger partial charge in [0.1, 0.15) is 0 Å². The zero-order valence-corrected chi connectivity index (χ0v) is 10.0. The first-order valence-corrected chi connectivity index (χ1v) is 5.73. The zero-order chi connectivity index (χ0) is 10.6. The van der Waals surface area contributed by atoms with E-state index >= 15 is 0 Å². The van der Waals surface area contributed by atoms with Crippen molar-refractivity contribution in [2.45, 2.75) is 33.8 Å². The van der Waals surface area contributed by atoms with E-state index in [1.807, 2.05) is 34.0 Å². The monoisotopic (exact) mass is 200 g/mol. The van der Waals surface area contributed by atoms with Gasteiger partial charge >= 0.3 is 0 Å². The largest absolute Gasteiger partial charge is 0.388 e. The molecule has 1 unspecified atom stereocenters. The minimum absolute atomic E-state index is 0.231. The lowest BCUT2D eigenvalue weighted by Crippen LogP contribution is -2.17. The van der Waals surface area contributed by atoms with Crippen molar-refractivity contribution < 1.29 is 5.11 Å². The van der Waals surface area contributed by atoms with Crippen LogP contribution in [0.25, 0.3) is 0 Å². The Morgan fingerprint density at radius 1 is 1.31 bits per heavy atom. The summed E-state index contributed by atoms with van der Waals surface area (Å²) in [5.74, 6) is 0.231. The Hall–Kier alpha value is -0.210. The third-order valence-electron chi connectivity index (χ3n) is 1.94. The molecule has 0 bridgehead atoms. The third-order valence-corrected chi connectivity index (χ3v) is 3.02. The lowest BCUT2D eigenvalue weighted by Gasteiger charge is -2.19. The van der Waals surface area contributed by atoms with Gasteiger partial charge in [0.15, 0.2) is 0 Å². The van der Waals surface area contributed by atoms with Crippen molar-refractivity contribution in [2.75, 3.05) is 6.26 Å². The molecule has 0 saturated carbocycles. The van der Waals surface area contributed by atoms with Crippen LogP contribution in [0.15, 0.2) is 22.6 Å². The van der Waals surface area contributed by atoms with Gasteiger partial charge in [-0.3, -0.25) is 0 Å². The van der Waals surface area contributed by atoms with Gasteiger partial charge in [0, 0.05) is 4.91 Å². The van der Waals surface area contributed by atoms with Crippen LogP contribution >= 0.6 is 11.8 Å². The molecule has 1 nitrogen and oxygen atoms in total. The van der Waals surface area contributed by atoms with E-state index in [2.05, 4.69) is 6.58 Å². The fraction of sp³-hybridized carbons (Fsp3) is 0.636. The van der Waals surface area contributed by atoms with Crippen molar-refractivity contribution in [3.63, 3.8) is 0 Å². The number of allylic oxidation sites excluding steroid dienone is 1. The van der Waals surface area contributed by atoms with Crippen LogP contribution in [-0.2, 0) is 0 Å². The molecule has 76 valence electrons. The normalized spacial score (nSPS) is 12.8. The fourth-order valence-corrected chi connectivity index (χ4v) is 1.98. The summed E-state index contributed by atoms with van der Waals surface area (Å²) in [5.41, 5.74) is 2.07. The summed E-state index contributed by atoms with van der Waals surface area (Å²) < 4.78 is 0. The van der Waals surface area contributed by atoms with Gasteiger partial charge in [0.25, 0.3) is 0 Å². The van der Waals surface area contributed by atoms with Crippen molar-refractivity contribution in [2.24, 2.45) is 5.92 Å². The molecule has 0 aromatic rings. The molecule has 0 rings (SSSR count). The van der Waals surface area contributed by atoms with Crippen molar-refractivity contribution in [1.82, 2.24) is 0 Å². The van der Waals surface area contributed by atoms with E-state index in [1.54, 1.807) is 11.8 Å². The highest BCUT2D eigenvalue weighted by atomic mass is 32.2. The molecule has 0 radical (unpaired) electrons. The Balaban J connectivity index is 4.68. The first kappa shape index (κ1) is 12.8. The summed E-state index contributed by atoms with van der Waals surface area (Å²) in [6.07, 6.45) is 1.60. The van der Waals surface area contributed by atoms with Gasteiger partial charge in [-0.1, -0.05) is 26.0 Å². The molecule has 0 aromatic carbocycles. The maximum absolute atomic E-state index is 9.80. The summed E-state index contributed by atoms with van der Waals surface area (Å²) in [6, 6.07) is 0. The maximum atomic E-state index is 9.80. The molecular weight excluding hydrogens is 180 g/mol.